The van der Waals surface area contributed by atoms with Crippen molar-refractivity contribution in [3.63, 3.8) is 0 Å². The lowest BCUT2D eigenvalue weighted by atomic mass is 10.2. The monoisotopic (exact) mass is 477 g/mol. The van der Waals surface area contributed by atoms with Crippen LogP contribution in [-0.2, 0) is 9.59 Å². The van der Waals surface area contributed by atoms with Crippen LogP contribution in [0.2, 0.25) is 5.02 Å². The van der Waals surface area contributed by atoms with Gasteiger partial charge in [-0.1, -0.05) is 59.1 Å². The molecule has 0 bridgehead atoms. The zero-order chi connectivity index (χ0) is 21.3. The molecule has 152 valence electrons. The summed E-state index contributed by atoms with van der Waals surface area (Å²) in [4.78, 5) is 31.1. The van der Waals surface area contributed by atoms with Crippen molar-refractivity contribution in [2.45, 2.75) is 6.42 Å². The van der Waals surface area contributed by atoms with Gasteiger partial charge >= 0.3 is 0 Å². The van der Waals surface area contributed by atoms with Gasteiger partial charge in [0, 0.05) is 18.0 Å². The predicted molar refractivity (Wildman–Crippen MR) is 124 cm³/mol. The first-order valence-electron chi connectivity index (χ1n) is 8.76. The Morgan fingerprint density at radius 3 is 2.80 bits per heavy atom. The Balaban J connectivity index is 1.37. The van der Waals surface area contributed by atoms with E-state index in [0.29, 0.717) is 24.9 Å². The number of thiazole rings is 1. The van der Waals surface area contributed by atoms with Crippen LogP contribution in [0.5, 0.6) is 0 Å². The maximum atomic E-state index is 13.0. The largest absolute Gasteiger partial charge is 0.302 e. The number of hydrogen-bond donors (Lipinski definition) is 1. The first kappa shape index (κ1) is 20.9. The number of hydrogen-bond acceptors (Lipinski definition) is 6. The lowest BCUT2D eigenvalue weighted by molar-refractivity contribution is -0.122. The minimum atomic E-state index is -0.345. The number of carbonyl (C=O) groups is 2. The molecule has 4 rings (SSSR count). The SMILES string of the molecule is O=C(CCN1C(=O)/C(=C/c2ccc(F)cc2)SC1=S)Nc1nc2ccc(Cl)cc2s1. The van der Waals surface area contributed by atoms with Crippen LogP contribution in [0.4, 0.5) is 9.52 Å². The lowest BCUT2D eigenvalue weighted by Crippen LogP contribution is -2.31. The van der Waals surface area contributed by atoms with Crippen LogP contribution in [0, 0.1) is 5.82 Å². The molecule has 3 aromatic rings. The number of rotatable bonds is 5. The second kappa shape index (κ2) is 8.81. The van der Waals surface area contributed by atoms with E-state index in [-0.39, 0.29) is 30.6 Å². The van der Waals surface area contributed by atoms with E-state index in [9.17, 15) is 14.0 Å². The van der Waals surface area contributed by atoms with Crippen molar-refractivity contribution in [1.29, 1.82) is 0 Å². The van der Waals surface area contributed by atoms with Gasteiger partial charge in [-0.3, -0.25) is 14.5 Å². The van der Waals surface area contributed by atoms with Gasteiger partial charge in [-0.25, -0.2) is 9.37 Å². The molecule has 1 N–H and O–H groups in total. The highest BCUT2D eigenvalue weighted by Crippen LogP contribution is 2.33. The van der Waals surface area contributed by atoms with Crippen molar-refractivity contribution in [2.24, 2.45) is 0 Å². The smallest absolute Gasteiger partial charge is 0.266 e. The van der Waals surface area contributed by atoms with Crippen molar-refractivity contribution >= 4 is 84.5 Å². The molecule has 1 fully saturated rings. The van der Waals surface area contributed by atoms with Crippen LogP contribution < -0.4 is 5.32 Å². The molecule has 1 aromatic heterocycles. The van der Waals surface area contributed by atoms with E-state index >= 15 is 0 Å². The van der Waals surface area contributed by atoms with E-state index in [1.165, 1.54) is 28.4 Å². The summed E-state index contributed by atoms with van der Waals surface area (Å²) >= 11 is 13.7. The predicted octanol–water partition coefficient (Wildman–Crippen LogP) is 5.32. The number of amides is 2. The molecule has 2 heterocycles. The summed E-state index contributed by atoms with van der Waals surface area (Å²) in [5, 5.41) is 3.82. The van der Waals surface area contributed by atoms with Crippen LogP contribution in [0.3, 0.4) is 0 Å². The number of thiocarbonyl (C=S) groups is 1. The van der Waals surface area contributed by atoms with Crippen molar-refractivity contribution in [3.05, 3.63) is 63.8 Å². The quantitative estimate of drug-likeness (QED) is 0.398. The van der Waals surface area contributed by atoms with E-state index in [1.807, 2.05) is 0 Å². The lowest BCUT2D eigenvalue weighted by Gasteiger charge is -2.13. The minimum absolute atomic E-state index is 0.0763. The Hall–Kier alpha value is -2.33. The summed E-state index contributed by atoms with van der Waals surface area (Å²) in [6.07, 6.45) is 1.73. The van der Waals surface area contributed by atoms with Gasteiger partial charge in [-0.2, -0.15) is 0 Å². The summed E-state index contributed by atoms with van der Waals surface area (Å²) in [7, 11) is 0. The number of thioether (sulfide) groups is 1. The Bertz CT molecular complexity index is 1190. The van der Waals surface area contributed by atoms with Crippen molar-refractivity contribution in [1.82, 2.24) is 9.88 Å². The normalized spacial score (nSPS) is 15.4. The van der Waals surface area contributed by atoms with E-state index in [1.54, 1.807) is 36.4 Å². The zero-order valence-electron chi connectivity index (χ0n) is 15.2. The number of anilines is 1. The topological polar surface area (TPSA) is 62.3 Å². The van der Waals surface area contributed by atoms with E-state index in [0.717, 1.165) is 22.0 Å². The zero-order valence-corrected chi connectivity index (χ0v) is 18.4. The van der Waals surface area contributed by atoms with Crippen LogP contribution in [0.1, 0.15) is 12.0 Å². The standard InChI is InChI=1S/C20H13ClFN3O2S3/c21-12-3-6-14-15(10-12)29-19(23-14)24-17(26)7-8-25-18(27)16(30-20(25)28)9-11-1-4-13(22)5-2-11/h1-6,9-10H,7-8H2,(H,23,24,26)/b16-9-. The summed E-state index contributed by atoms with van der Waals surface area (Å²) in [6.45, 7) is 0.161. The van der Waals surface area contributed by atoms with E-state index in [2.05, 4.69) is 10.3 Å². The third kappa shape index (κ3) is 4.70. The van der Waals surface area contributed by atoms with Gasteiger partial charge in [0.25, 0.3) is 5.91 Å². The van der Waals surface area contributed by atoms with Crippen LogP contribution in [0.15, 0.2) is 47.4 Å². The summed E-state index contributed by atoms with van der Waals surface area (Å²) in [5.74, 6) is -0.879. The van der Waals surface area contributed by atoms with Gasteiger partial charge in [0.2, 0.25) is 5.91 Å². The number of fused-ring (bicyclic) bond motifs is 1. The Labute approximate surface area is 189 Å². The number of nitrogens with zero attached hydrogens (tertiary/aromatic N) is 2. The molecule has 1 aliphatic heterocycles. The molecule has 5 nitrogen and oxygen atoms in total. The number of carbonyl (C=O) groups excluding carboxylic acids is 2. The molecule has 2 amide bonds. The molecule has 0 saturated carbocycles. The molecule has 0 unspecified atom stereocenters. The summed E-state index contributed by atoms with van der Waals surface area (Å²) in [5.41, 5.74) is 1.45. The van der Waals surface area contributed by atoms with Crippen molar-refractivity contribution in [2.75, 3.05) is 11.9 Å². The van der Waals surface area contributed by atoms with Crippen molar-refractivity contribution < 1.29 is 14.0 Å². The number of halogens is 2. The fraction of sp³-hybridized carbons (Fsp3) is 0.100. The maximum Gasteiger partial charge on any atom is 0.266 e. The van der Waals surface area contributed by atoms with E-state index < -0.39 is 0 Å². The fourth-order valence-electron chi connectivity index (χ4n) is 2.75. The third-order valence-corrected chi connectivity index (χ3v) is 6.75. The average molecular weight is 478 g/mol. The third-order valence-electron chi connectivity index (χ3n) is 4.20. The fourth-order valence-corrected chi connectivity index (χ4v) is 5.22. The number of benzene rings is 2. The number of aromatic nitrogens is 1. The first-order chi connectivity index (χ1) is 14.4. The molecule has 30 heavy (non-hydrogen) atoms. The highest BCUT2D eigenvalue weighted by atomic mass is 35.5. The molecular formula is C20H13ClFN3O2S3. The molecule has 10 heteroatoms. The second-order valence-electron chi connectivity index (χ2n) is 6.31. The van der Waals surface area contributed by atoms with E-state index in [4.69, 9.17) is 23.8 Å². The molecule has 2 aromatic carbocycles. The molecule has 1 saturated heterocycles. The van der Waals surface area contributed by atoms with Crippen LogP contribution in [0.25, 0.3) is 16.3 Å². The Morgan fingerprint density at radius 2 is 2.03 bits per heavy atom. The minimum Gasteiger partial charge on any atom is -0.302 e. The summed E-state index contributed by atoms with van der Waals surface area (Å²) in [6, 6.07) is 11.1. The van der Waals surface area contributed by atoms with Crippen LogP contribution >= 0.6 is 46.9 Å². The highest BCUT2D eigenvalue weighted by molar-refractivity contribution is 8.26. The van der Waals surface area contributed by atoms with Gasteiger partial charge in [-0.05, 0) is 42.0 Å². The Morgan fingerprint density at radius 1 is 1.27 bits per heavy atom. The molecule has 0 atom stereocenters. The highest BCUT2D eigenvalue weighted by Gasteiger charge is 2.32. The van der Waals surface area contributed by atoms with Gasteiger partial charge in [0.1, 0.15) is 10.1 Å². The molecule has 0 radical (unpaired) electrons. The average Bonchev–Trinajstić information content (AvgIpc) is 3.21. The van der Waals surface area contributed by atoms with Gasteiger partial charge in [-0.15, -0.1) is 0 Å². The summed E-state index contributed by atoms with van der Waals surface area (Å²) < 4.78 is 14.3. The molecule has 0 aliphatic carbocycles. The maximum absolute atomic E-state index is 13.0. The van der Waals surface area contributed by atoms with Gasteiger partial charge in [0.15, 0.2) is 5.13 Å². The van der Waals surface area contributed by atoms with Gasteiger partial charge < -0.3 is 5.32 Å². The molecular weight excluding hydrogens is 465 g/mol. The molecule has 1 aliphatic rings. The molecule has 0 spiro atoms. The Kier molecular flexibility index (Phi) is 6.14. The second-order valence-corrected chi connectivity index (χ2v) is 9.46. The number of nitrogens with one attached hydrogen (secondary N) is 1. The first-order valence-corrected chi connectivity index (χ1v) is 11.2. The van der Waals surface area contributed by atoms with Gasteiger partial charge in [0.05, 0.1) is 15.1 Å². The van der Waals surface area contributed by atoms with Crippen molar-refractivity contribution in [3.8, 4) is 0 Å². The van der Waals surface area contributed by atoms with Crippen LogP contribution in [-0.4, -0.2) is 32.6 Å².